The zero-order valence-corrected chi connectivity index (χ0v) is 14.3. The molecule has 2 aliphatic heterocycles. The van der Waals surface area contributed by atoms with E-state index >= 15 is 0 Å². The molecule has 1 unspecified atom stereocenters. The van der Waals surface area contributed by atoms with Crippen molar-refractivity contribution in [2.24, 2.45) is 0 Å². The van der Waals surface area contributed by atoms with Gasteiger partial charge >= 0.3 is 0 Å². The van der Waals surface area contributed by atoms with Crippen molar-refractivity contribution in [3.8, 4) is 5.75 Å². The molecule has 2 aromatic rings. The van der Waals surface area contributed by atoms with Crippen LogP contribution >= 0.6 is 0 Å². The Bertz CT molecular complexity index is 893. The summed E-state index contributed by atoms with van der Waals surface area (Å²) < 4.78 is 33.4. The first kappa shape index (κ1) is 15.6. The second-order valence-electron chi connectivity index (χ2n) is 6.43. The predicted molar refractivity (Wildman–Crippen MR) is 91.2 cm³/mol. The fourth-order valence-electron chi connectivity index (χ4n) is 3.29. The third kappa shape index (κ3) is 2.92. The molecule has 0 fully saturated rings. The van der Waals surface area contributed by atoms with E-state index in [9.17, 15) is 8.42 Å². The smallest absolute Gasteiger partial charge is 0.240 e. The lowest BCUT2D eigenvalue weighted by Gasteiger charge is -2.09. The van der Waals surface area contributed by atoms with Crippen LogP contribution in [-0.2, 0) is 36.1 Å². The van der Waals surface area contributed by atoms with E-state index < -0.39 is 10.0 Å². The van der Waals surface area contributed by atoms with Gasteiger partial charge in [0.1, 0.15) is 11.9 Å². The molecule has 24 heavy (non-hydrogen) atoms. The molecule has 0 bridgehead atoms. The molecular formula is C18H20N2O3S. The maximum Gasteiger partial charge on any atom is 0.240 e. The lowest BCUT2D eigenvalue weighted by atomic mass is 10.1. The van der Waals surface area contributed by atoms with Crippen molar-refractivity contribution in [3.63, 3.8) is 0 Å². The number of hydrogen-bond acceptors (Lipinski definition) is 4. The predicted octanol–water partition coefficient (Wildman–Crippen LogP) is 2.09. The van der Waals surface area contributed by atoms with E-state index in [0.29, 0.717) is 11.4 Å². The highest BCUT2D eigenvalue weighted by molar-refractivity contribution is 7.89. The molecule has 1 atom stereocenters. The van der Waals surface area contributed by atoms with Crippen LogP contribution in [-0.4, -0.2) is 14.5 Å². The van der Waals surface area contributed by atoms with E-state index in [4.69, 9.17) is 4.74 Å². The van der Waals surface area contributed by atoms with Gasteiger partial charge in [-0.3, -0.25) is 0 Å². The van der Waals surface area contributed by atoms with Crippen LogP contribution in [0, 0.1) is 0 Å². The first-order chi connectivity index (χ1) is 11.5. The Morgan fingerprint density at radius 3 is 2.83 bits per heavy atom. The Morgan fingerprint density at radius 1 is 1.12 bits per heavy atom. The number of sulfonamides is 1. The normalized spacial score (nSPS) is 19.0. The van der Waals surface area contributed by atoms with E-state index in [-0.39, 0.29) is 6.10 Å². The monoisotopic (exact) mass is 344 g/mol. The molecular weight excluding hydrogens is 324 g/mol. The van der Waals surface area contributed by atoms with E-state index in [1.807, 2.05) is 13.0 Å². The summed E-state index contributed by atoms with van der Waals surface area (Å²) in [5, 5.41) is 3.29. The van der Waals surface area contributed by atoms with Gasteiger partial charge in [0.25, 0.3) is 0 Å². The van der Waals surface area contributed by atoms with Gasteiger partial charge in [0.2, 0.25) is 10.0 Å². The Hall–Kier alpha value is -1.89. The number of hydrogen-bond donors (Lipinski definition) is 2. The third-order valence-electron chi connectivity index (χ3n) is 4.55. The van der Waals surface area contributed by atoms with E-state index in [2.05, 4.69) is 22.2 Å². The lowest BCUT2D eigenvalue weighted by Crippen LogP contribution is -2.23. The van der Waals surface area contributed by atoms with Crippen LogP contribution in [0.25, 0.3) is 0 Å². The minimum absolute atomic E-state index is 0.103. The highest BCUT2D eigenvalue weighted by Crippen LogP contribution is 2.30. The molecule has 0 spiro atoms. The molecule has 2 aliphatic rings. The molecule has 0 aliphatic carbocycles. The summed E-state index contributed by atoms with van der Waals surface area (Å²) >= 11 is 0. The summed E-state index contributed by atoms with van der Waals surface area (Å²) in [5.41, 5.74) is 4.46. The number of nitrogens with one attached hydrogen (secondary N) is 2. The molecule has 126 valence electrons. The number of fused-ring (bicyclic) bond motifs is 2. The van der Waals surface area contributed by atoms with Gasteiger partial charge in [0.05, 0.1) is 4.90 Å². The van der Waals surface area contributed by atoms with Gasteiger partial charge in [-0.05, 0) is 47.4 Å². The second kappa shape index (κ2) is 5.88. The maximum atomic E-state index is 12.6. The van der Waals surface area contributed by atoms with Crippen LogP contribution in [0.2, 0.25) is 0 Å². The van der Waals surface area contributed by atoms with Crippen molar-refractivity contribution < 1.29 is 13.2 Å². The van der Waals surface area contributed by atoms with Gasteiger partial charge in [-0.15, -0.1) is 0 Å². The molecule has 0 saturated heterocycles. The molecule has 0 radical (unpaired) electrons. The topological polar surface area (TPSA) is 67.4 Å². The summed E-state index contributed by atoms with van der Waals surface area (Å²) in [7, 11) is -3.53. The standard InChI is InChI=1S/C18H20N2O3S/c1-12-6-15-8-17(4-5-18(15)23-12)24(21,22)20-9-13-2-3-14-10-19-11-16(14)7-13/h2-5,7-8,12,19-20H,6,9-11H2,1H3. The average Bonchev–Trinajstić information content (AvgIpc) is 3.16. The molecule has 0 aromatic heterocycles. The molecule has 5 nitrogen and oxygen atoms in total. The van der Waals surface area contributed by atoms with Gasteiger partial charge in [0, 0.05) is 26.1 Å². The zero-order chi connectivity index (χ0) is 16.7. The summed E-state index contributed by atoms with van der Waals surface area (Å²) in [6, 6.07) is 11.2. The SMILES string of the molecule is CC1Cc2cc(S(=O)(=O)NCc3ccc4c(c3)CNC4)ccc2O1. The fraction of sp³-hybridized carbons (Fsp3) is 0.333. The van der Waals surface area contributed by atoms with Crippen LogP contribution in [0.5, 0.6) is 5.75 Å². The molecule has 2 aromatic carbocycles. The summed E-state index contributed by atoms with van der Waals surface area (Å²) in [5.74, 6) is 0.785. The molecule has 0 saturated carbocycles. The first-order valence-corrected chi connectivity index (χ1v) is 9.60. The van der Waals surface area contributed by atoms with Crippen molar-refractivity contribution in [3.05, 3.63) is 58.7 Å². The molecule has 2 heterocycles. The van der Waals surface area contributed by atoms with Crippen molar-refractivity contribution in [1.29, 1.82) is 0 Å². The zero-order valence-electron chi connectivity index (χ0n) is 13.5. The van der Waals surface area contributed by atoms with Crippen molar-refractivity contribution >= 4 is 10.0 Å². The molecule has 0 amide bonds. The van der Waals surface area contributed by atoms with Crippen LogP contribution in [0.15, 0.2) is 41.3 Å². The fourth-order valence-corrected chi connectivity index (χ4v) is 4.35. The molecule has 4 rings (SSSR count). The van der Waals surface area contributed by atoms with Crippen LogP contribution < -0.4 is 14.8 Å². The van der Waals surface area contributed by atoms with Crippen molar-refractivity contribution in [2.45, 2.75) is 44.0 Å². The highest BCUT2D eigenvalue weighted by atomic mass is 32.2. The van der Waals surface area contributed by atoms with Crippen LogP contribution in [0.3, 0.4) is 0 Å². The number of rotatable bonds is 4. The lowest BCUT2D eigenvalue weighted by molar-refractivity contribution is 0.254. The van der Waals surface area contributed by atoms with Gasteiger partial charge in [0.15, 0.2) is 0 Å². The Kier molecular flexibility index (Phi) is 3.83. The maximum absolute atomic E-state index is 12.6. The minimum Gasteiger partial charge on any atom is -0.490 e. The minimum atomic E-state index is -3.53. The number of benzene rings is 2. The van der Waals surface area contributed by atoms with Crippen LogP contribution in [0.4, 0.5) is 0 Å². The highest BCUT2D eigenvalue weighted by Gasteiger charge is 2.22. The summed E-state index contributed by atoms with van der Waals surface area (Å²) in [6.07, 6.45) is 0.849. The van der Waals surface area contributed by atoms with E-state index in [0.717, 1.165) is 36.4 Å². The first-order valence-electron chi connectivity index (χ1n) is 8.12. The van der Waals surface area contributed by atoms with Gasteiger partial charge in [-0.25, -0.2) is 13.1 Å². The van der Waals surface area contributed by atoms with Gasteiger partial charge < -0.3 is 10.1 Å². The quantitative estimate of drug-likeness (QED) is 0.891. The largest absolute Gasteiger partial charge is 0.490 e. The van der Waals surface area contributed by atoms with E-state index in [1.54, 1.807) is 18.2 Å². The Labute approximate surface area is 142 Å². The summed E-state index contributed by atoms with van der Waals surface area (Å²) in [6.45, 7) is 4.00. The van der Waals surface area contributed by atoms with E-state index in [1.165, 1.54) is 11.1 Å². The van der Waals surface area contributed by atoms with Crippen molar-refractivity contribution in [1.82, 2.24) is 10.0 Å². The average molecular weight is 344 g/mol. The Morgan fingerprint density at radius 2 is 1.96 bits per heavy atom. The van der Waals surface area contributed by atoms with Crippen LogP contribution in [0.1, 0.15) is 29.2 Å². The summed E-state index contributed by atoms with van der Waals surface area (Å²) in [4.78, 5) is 0.293. The second-order valence-corrected chi connectivity index (χ2v) is 8.20. The van der Waals surface area contributed by atoms with Gasteiger partial charge in [-0.2, -0.15) is 0 Å². The third-order valence-corrected chi connectivity index (χ3v) is 5.94. The molecule has 6 heteroatoms. The Balaban J connectivity index is 1.51. The van der Waals surface area contributed by atoms with Gasteiger partial charge in [-0.1, -0.05) is 18.2 Å². The molecule has 2 N–H and O–H groups in total. The van der Waals surface area contributed by atoms with Crippen molar-refractivity contribution in [2.75, 3.05) is 0 Å². The number of ether oxygens (including phenoxy) is 1.